The quantitative estimate of drug-likeness (QED) is 0.595. The van der Waals surface area contributed by atoms with Crippen LogP contribution in [0.25, 0.3) is 0 Å². The first kappa shape index (κ1) is 9.18. The van der Waals surface area contributed by atoms with E-state index in [1.54, 1.807) is 6.92 Å². The van der Waals surface area contributed by atoms with Gasteiger partial charge in [-0.15, -0.1) is 0 Å². The molecule has 0 bridgehead atoms. The summed E-state index contributed by atoms with van der Waals surface area (Å²) in [6.07, 6.45) is -1.90. The summed E-state index contributed by atoms with van der Waals surface area (Å²) in [7, 11) is 0. The van der Waals surface area contributed by atoms with E-state index in [-0.39, 0.29) is 24.3 Å². The zero-order valence-electron chi connectivity index (χ0n) is 8.06. The van der Waals surface area contributed by atoms with Gasteiger partial charge in [-0.3, -0.25) is 0 Å². The largest absolute Gasteiger partial charge is 0.509 e. The summed E-state index contributed by atoms with van der Waals surface area (Å²) >= 11 is 0. The van der Waals surface area contributed by atoms with Crippen LogP contribution in [-0.4, -0.2) is 30.6 Å². The average Bonchev–Trinajstić information content (AvgIpc) is 2.55. The molecule has 0 N–H and O–H groups in total. The Labute approximate surface area is 81.6 Å². The number of cyclic esters (lactones) is 2. The molecule has 14 heavy (non-hydrogen) atoms. The van der Waals surface area contributed by atoms with Crippen molar-refractivity contribution in [2.24, 2.45) is 0 Å². The van der Waals surface area contributed by atoms with Gasteiger partial charge >= 0.3 is 6.16 Å². The van der Waals surface area contributed by atoms with Crippen molar-refractivity contribution in [3.8, 4) is 0 Å². The average molecular weight is 200 g/mol. The Balaban J connectivity index is 2.08. The van der Waals surface area contributed by atoms with E-state index < -0.39 is 12.3 Å². The van der Waals surface area contributed by atoms with Crippen LogP contribution >= 0.6 is 0 Å². The second kappa shape index (κ2) is 3.08. The van der Waals surface area contributed by atoms with Crippen LogP contribution in [0.2, 0.25) is 0 Å². The van der Waals surface area contributed by atoms with Gasteiger partial charge in [0.15, 0.2) is 12.2 Å². The Hall–Kier alpha value is -1.39. The molecule has 2 saturated heterocycles. The monoisotopic (exact) mass is 200 g/mol. The summed E-state index contributed by atoms with van der Waals surface area (Å²) in [6.45, 7) is 7.14. The predicted molar refractivity (Wildman–Crippen MR) is 45.4 cm³/mol. The second-order valence-electron chi connectivity index (χ2n) is 3.43. The summed E-state index contributed by atoms with van der Waals surface area (Å²) in [4.78, 5) is 10.8. The third kappa shape index (κ3) is 1.38. The van der Waals surface area contributed by atoms with Gasteiger partial charge in [-0.2, -0.15) is 0 Å². The van der Waals surface area contributed by atoms with Gasteiger partial charge in [0.25, 0.3) is 5.95 Å². The van der Waals surface area contributed by atoms with Crippen LogP contribution in [-0.2, 0) is 18.9 Å². The zero-order chi connectivity index (χ0) is 10.3. The van der Waals surface area contributed by atoms with E-state index in [1.807, 2.05) is 6.92 Å². The van der Waals surface area contributed by atoms with Crippen LogP contribution in [0, 0.1) is 0 Å². The van der Waals surface area contributed by atoms with Crippen molar-refractivity contribution in [1.29, 1.82) is 0 Å². The van der Waals surface area contributed by atoms with Gasteiger partial charge in [0, 0.05) is 0 Å². The van der Waals surface area contributed by atoms with Crippen molar-refractivity contribution in [2.45, 2.75) is 38.3 Å². The van der Waals surface area contributed by atoms with Crippen LogP contribution in [0.4, 0.5) is 4.79 Å². The fraction of sp³-hybridized carbons (Fsp3) is 0.667. The molecule has 2 rings (SSSR count). The van der Waals surface area contributed by atoms with Crippen molar-refractivity contribution in [1.82, 2.24) is 0 Å². The molecule has 0 aliphatic carbocycles. The Morgan fingerprint density at radius 2 is 1.57 bits per heavy atom. The third-order valence-corrected chi connectivity index (χ3v) is 2.35. The summed E-state index contributed by atoms with van der Waals surface area (Å²) in [6, 6.07) is 0. The summed E-state index contributed by atoms with van der Waals surface area (Å²) < 4.78 is 20.3. The van der Waals surface area contributed by atoms with Crippen molar-refractivity contribution in [2.75, 3.05) is 0 Å². The van der Waals surface area contributed by atoms with Crippen molar-refractivity contribution in [3.63, 3.8) is 0 Å². The molecule has 4 atom stereocenters. The maximum absolute atomic E-state index is 10.8. The number of carbonyl (C=O) groups is 1. The lowest BCUT2D eigenvalue weighted by Crippen LogP contribution is -2.39. The minimum Gasteiger partial charge on any atom is -0.459 e. The number of hydrogen-bond acceptors (Lipinski definition) is 5. The summed E-state index contributed by atoms with van der Waals surface area (Å²) in [5.74, 6) is 0.262. The van der Waals surface area contributed by atoms with Crippen LogP contribution in [0.15, 0.2) is 12.5 Å². The first-order chi connectivity index (χ1) is 6.58. The molecule has 4 unspecified atom stereocenters. The molecule has 78 valence electrons. The predicted octanol–water partition coefficient (Wildman–Crippen LogP) is 1.19. The molecule has 2 fully saturated rings. The molecule has 5 nitrogen and oxygen atoms in total. The van der Waals surface area contributed by atoms with Gasteiger partial charge in [0.1, 0.15) is 12.2 Å². The van der Waals surface area contributed by atoms with Gasteiger partial charge in [0.2, 0.25) is 0 Å². The lowest BCUT2D eigenvalue weighted by Gasteiger charge is -2.18. The van der Waals surface area contributed by atoms with Gasteiger partial charge in [-0.25, -0.2) is 4.79 Å². The highest BCUT2D eigenvalue weighted by Gasteiger charge is 2.47. The standard InChI is InChI=1S/C9H12O5/c1-4-7(13-6(3)11-4)8-5(2)12-9(10)14-8/h4-5,7-8H,3H2,1-2H3. The normalized spacial score (nSPS) is 41.3. The zero-order valence-corrected chi connectivity index (χ0v) is 8.06. The first-order valence-corrected chi connectivity index (χ1v) is 4.47. The Kier molecular flexibility index (Phi) is 2.02. The van der Waals surface area contributed by atoms with Crippen LogP contribution < -0.4 is 0 Å². The van der Waals surface area contributed by atoms with Crippen molar-refractivity contribution >= 4 is 6.16 Å². The second-order valence-corrected chi connectivity index (χ2v) is 3.43. The molecule has 5 heteroatoms. The maximum atomic E-state index is 10.8. The van der Waals surface area contributed by atoms with Crippen molar-refractivity contribution in [3.05, 3.63) is 12.5 Å². The van der Waals surface area contributed by atoms with Crippen LogP contribution in [0.3, 0.4) is 0 Å². The molecule has 0 spiro atoms. The molecule has 0 aromatic rings. The van der Waals surface area contributed by atoms with Crippen LogP contribution in [0.1, 0.15) is 13.8 Å². The third-order valence-electron chi connectivity index (χ3n) is 2.35. The molecule has 0 aromatic carbocycles. The molecule has 0 amide bonds. The summed E-state index contributed by atoms with van der Waals surface area (Å²) in [5.41, 5.74) is 0. The van der Waals surface area contributed by atoms with E-state index in [0.717, 1.165) is 0 Å². The first-order valence-electron chi connectivity index (χ1n) is 4.47. The topological polar surface area (TPSA) is 54.0 Å². The highest BCUT2D eigenvalue weighted by molar-refractivity contribution is 5.62. The molecule has 2 aliphatic heterocycles. The minimum atomic E-state index is -0.657. The van der Waals surface area contributed by atoms with Gasteiger partial charge in [-0.05, 0) is 20.4 Å². The minimum absolute atomic E-state index is 0.176. The van der Waals surface area contributed by atoms with Gasteiger partial charge in [0.05, 0.1) is 0 Å². The van der Waals surface area contributed by atoms with Crippen LogP contribution in [0.5, 0.6) is 0 Å². The van der Waals surface area contributed by atoms with E-state index in [2.05, 4.69) is 6.58 Å². The Morgan fingerprint density at radius 1 is 1.00 bits per heavy atom. The summed E-state index contributed by atoms with van der Waals surface area (Å²) in [5, 5.41) is 0. The molecule has 0 radical (unpaired) electrons. The number of rotatable bonds is 1. The van der Waals surface area contributed by atoms with Gasteiger partial charge < -0.3 is 18.9 Å². The number of carbonyl (C=O) groups excluding carboxylic acids is 1. The Bertz CT molecular complexity index is 246. The van der Waals surface area contributed by atoms with E-state index in [0.29, 0.717) is 0 Å². The van der Waals surface area contributed by atoms with E-state index in [4.69, 9.17) is 18.9 Å². The molecule has 0 saturated carbocycles. The van der Waals surface area contributed by atoms with E-state index in [1.165, 1.54) is 0 Å². The fourth-order valence-corrected chi connectivity index (χ4v) is 1.67. The smallest absolute Gasteiger partial charge is 0.459 e. The molecular weight excluding hydrogens is 188 g/mol. The van der Waals surface area contributed by atoms with Gasteiger partial charge in [-0.1, -0.05) is 0 Å². The lowest BCUT2D eigenvalue weighted by atomic mass is 10.1. The molecule has 2 aliphatic rings. The Morgan fingerprint density at radius 3 is 2.00 bits per heavy atom. The highest BCUT2D eigenvalue weighted by Crippen LogP contribution is 2.29. The molecular formula is C9H12O5. The van der Waals surface area contributed by atoms with Crippen molar-refractivity contribution < 1.29 is 23.7 Å². The highest BCUT2D eigenvalue weighted by atomic mass is 16.8. The molecule has 0 aromatic heterocycles. The number of hydrogen-bond donors (Lipinski definition) is 0. The maximum Gasteiger partial charge on any atom is 0.509 e. The number of ether oxygens (including phenoxy) is 4. The van der Waals surface area contributed by atoms with E-state index in [9.17, 15) is 4.79 Å². The lowest BCUT2D eigenvalue weighted by molar-refractivity contribution is 0.0122. The molecule has 2 heterocycles. The van der Waals surface area contributed by atoms with E-state index >= 15 is 0 Å². The fourth-order valence-electron chi connectivity index (χ4n) is 1.67. The SMILES string of the molecule is C=C1OC(C)C(C2OC(=O)OC2C)O1.